The molecular formula is C12H17F4N3O. The van der Waals surface area contributed by atoms with E-state index < -0.39 is 23.4 Å². The van der Waals surface area contributed by atoms with Crippen LogP contribution in [0.25, 0.3) is 0 Å². The molecular weight excluding hydrogens is 278 g/mol. The molecule has 2 aliphatic rings. The number of hydrogen-bond donors (Lipinski definition) is 0. The fourth-order valence-electron chi connectivity index (χ4n) is 2.49. The number of likely N-dealkylation sites (tertiary alicyclic amines) is 1. The monoisotopic (exact) mass is 295 g/mol. The first-order valence-electron chi connectivity index (χ1n) is 6.54. The van der Waals surface area contributed by atoms with Gasteiger partial charge >= 0.3 is 6.18 Å². The summed E-state index contributed by atoms with van der Waals surface area (Å²) in [5.41, 5.74) is -4.16. The van der Waals surface area contributed by atoms with Gasteiger partial charge in [-0.2, -0.15) is 13.2 Å². The molecule has 0 atom stereocenters. The van der Waals surface area contributed by atoms with Crippen LogP contribution in [-0.2, 0) is 4.79 Å². The number of piperidine rings is 1. The molecule has 0 bridgehead atoms. The molecule has 0 spiro atoms. The minimum Gasteiger partial charge on any atom is -0.340 e. The van der Waals surface area contributed by atoms with E-state index >= 15 is 0 Å². The van der Waals surface area contributed by atoms with Gasteiger partial charge < -0.3 is 4.90 Å². The first-order chi connectivity index (χ1) is 9.05. The minimum atomic E-state index is -4.44. The highest BCUT2D eigenvalue weighted by Crippen LogP contribution is 2.49. The lowest BCUT2D eigenvalue weighted by Crippen LogP contribution is -2.47. The van der Waals surface area contributed by atoms with E-state index in [9.17, 15) is 22.4 Å². The van der Waals surface area contributed by atoms with E-state index in [2.05, 4.69) is 10.2 Å². The molecule has 0 N–H and O–H groups in total. The van der Waals surface area contributed by atoms with Gasteiger partial charge in [-0.05, 0) is 32.6 Å². The lowest BCUT2D eigenvalue weighted by Gasteiger charge is -2.35. The van der Waals surface area contributed by atoms with E-state index in [0.717, 1.165) is 0 Å². The molecule has 114 valence electrons. The second kappa shape index (κ2) is 4.66. The second-order valence-electron chi connectivity index (χ2n) is 5.93. The van der Waals surface area contributed by atoms with E-state index in [-0.39, 0.29) is 25.4 Å². The Kier molecular flexibility index (Phi) is 3.54. The number of alkyl halides is 4. The topological polar surface area (TPSA) is 45.0 Å². The fourth-order valence-corrected chi connectivity index (χ4v) is 2.49. The van der Waals surface area contributed by atoms with Crippen LogP contribution in [0.4, 0.5) is 17.6 Å². The molecule has 1 fully saturated rings. The van der Waals surface area contributed by atoms with Gasteiger partial charge in [0.1, 0.15) is 0 Å². The van der Waals surface area contributed by atoms with Crippen LogP contribution >= 0.6 is 0 Å². The van der Waals surface area contributed by atoms with Crippen molar-refractivity contribution >= 4 is 5.91 Å². The normalized spacial score (nSPS) is 23.0. The van der Waals surface area contributed by atoms with Gasteiger partial charge in [-0.25, -0.2) is 4.39 Å². The van der Waals surface area contributed by atoms with Crippen LogP contribution in [0.5, 0.6) is 0 Å². The summed E-state index contributed by atoms with van der Waals surface area (Å²) in [6, 6.07) is 0. The number of carbonyl (C=O) groups excluding carboxylic acids is 1. The summed E-state index contributed by atoms with van der Waals surface area (Å²) in [5.74, 6) is -0.805. The average Bonchev–Trinajstić information content (AvgIpc) is 3.08. The van der Waals surface area contributed by atoms with E-state index in [1.807, 2.05) is 0 Å². The number of nitrogens with zero attached hydrogens (tertiary/aromatic N) is 3. The Morgan fingerprint density at radius 2 is 1.70 bits per heavy atom. The molecule has 0 aliphatic carbocycles. The van der Waals surface area contributed by atoms with Crippen molar-refractivity contribution in [3.8, 4) is 0 Å². The van der Waals surface area contributed by atoms with Crippen molar-refractivity contribution in [3.63, 3.8) is 0 Å². The molecule has 20 heavy (non-hydrogen) atoms. The quantitative estimate of drug-likeness (QED) is 0.738. The Hall–Kier alpha value is -1.21. The predicted octanol–water partition coefficient (Wildman–Crippen LogP) is 3.09. The minimum absolute atomic E-state index is 0.169. The third kappa shape index (κ3) is 2.93. The summed E-state index contributed by atoms with van der Waals surface area (Å²) in [6.45, 7) is 2.93. The average molecular weight is 295 g/mol. The van der Waals surface area contributed by atoms with Crippen LogP contribution < -0.4 is 0 Å². The fraction of sp³-hybridized carbons (Fsp3) is 0.917. The molecule has 0 saturated carbocycles. The lowest BCUT2D eigenvalue weighted by molar-refractivity contribution is -0.169. The molecule has 2 heterocycles. The maximum atomic E-state index is 13.5. The maximum Gasteiger partial charge on any atom is 0.437 e. The first-order valence-corrected chi connectivity index (χ1v) is 6.54. The summed E-state index contributed by atoms with van der Waals surface area (Å²) in [6.07, 6.45) is -3.77. The van der Waals surface area contributed by atoms with Gasteiger partial charge in [0.15, 0.2) is 5.67 Å². The van der Waals surface area contributed by atoms with E-state index in [4.69, 9.17) is 0 Å². The molecule has 2 aliphatic heterocycles. The molecule has 0 aromatic heterocycles. The van der Waals surface area contributed by atoms with Crippen molar-refractivity contribution in [2.24, 2.45) is 16.1 Å². The highest BCUT2D eigenvalue weighted by molar-refractivity contribution is 5.84. The van der Waals surface area contributed by atoms with Crippen LogP contribution in [0.2, 0.25) is 0 Å². The van der Waals surface area contributed by atoms with Gasteiger partial charge in [-0.3, -0.25) is 4.79 Å². The smallest absolute Gasteiger partial charge is 0.340 e. The molecule has 1 amide bonds. The maximum absolute atomic E-state index is 13.5. The molecule has 0 aromatic carbocycles. The van der Waals surface area contributed by atoms with Gasteiger partial charge in [-0.15, -0.1) is 10.2 Å². The van der Waals surface area contributed by atoms with Crippen molar-refractivity contribution < 1.29 is 22.4 Å². The van der Waals surface area contributed by atoms with Crippen molar-refractivity contribution in [2.45, 2.75) is 50.6 Å². The van der Waals surface area contributed by atoms with E-state index in [1.54, 1.807) is 0 Å². The molecule has 0 aromatic rings. The molecule has 0 unspecified atom stereocenters. The zero-order chi connectivity index (χ0) is 15.2. The molecule has 0 radical (unpaired) electrons. The van der Waals surface area contributed by atoms with Gasteiger partial charge in [0.05, 0.1) is 0 Å². The van der Waals surface area contributed by atoms with Crippen LogP contribution in [0.3, 0.4) is 0 Å². The number of amides is 1. The van der Waals surface area contributed by atoms with E-state index in [0.29, 0.717) is 12.8 Å². The molecule has 2 rings (SSSR count). The highest BCUT2D eigenvalue weighted by atomic mass is 19.4. The number of halogens is 4. The largest absolute Gasteiger partial charge is 0.437 e. The first kappa shape index (κ1) is 15.2. The predicted molar refractivity (Wildman–Crippen MR) is 62.8 cm³/mol. The SMILES string of the molecule is CC(C)(F)C(=O)N1CCC(CC2(C(F)(F)F)N=N2)CC1. The van der Waals surface area contributed by atoms with Gasteiger partial charge in [0, 0.05) is 19.5 Å². The Morgan fingerprint density at radius 3 is 2.05 bits per heavy atom. The van der Waals surface area contributed by atoms with Crippen LogP contribution in [-0.4, -0.2) is 41.4 Å². The summed E-state index contributed by atoms with van der Waals surface area (Å²) in [4.78, 5) is 13.1. The van der Waals surface area contributed by atoms with Crippen LogP contribution in [0.1, 0.15) is 33.1 Å². The molecule has 1 saturated heterocycles. The number of rotatable bonds is 3. The zero-order valence-electron chi connectivity index (χ0n) is 11.4. The van der Waals surface area contributed by atoms with Gasteiger partial charge in [0.25, 0.3) is 11.6 Å². The Balaban J connectivity index is 1.85. The third-order valence-corrected chi connectivity index (χ3v) is 3.78. The molecule has 8 heteroatoms. The summed E-state index contributed by atoms with van der Waals surface area (Å²) in [5, 5.41) is 6.30. The third-order valence-electron chi connectivity index (χ3n) is 3.78. The number of hydrogen-bond acceptors (Lipinski definition) is 3. The van der Waals surface area contributed by atoms with Gasteiger partial charge in [-0.1, -0.05) is 0 Å². The molecule has 4 nitrogen and oxygen atoms in total. The van der Waals surface area contributed by atoms with E-state index in [1.165, 1.54) is 18.7 Å². The lowest BCUT2D eigenvalue weighted by atomic mass is 9.88. The summed E-state index contributed by atoms with van der Waals surface area (Å²) >= 11 is 0. The second-order valence-corrected chi connectivity index (χ2v) is 5.93. The van der Waals surface area contributed by atoms with Gasteiger partial charge in [0.2, 0.25) is 0 Å². The summed E-state index contributed by atoms with van der Waals surface area (Å²) < 4.78 is 51.7. The summed E-state index contributed by atoms with van der Waals surface area (Å²) in [7, 11) is 0. The van der Waals surface area contributed by atoms with Crippen molar-refractivity contribution in [3.05, 3.63) is 0 Å². The Morgan fingerprint density at radius 1 is 1.20 bits per heavy atom. The standard InChI is InChI=1S/C12H17F4N3O/c1-10(2,13)9(20)19-5-3-8(4-6-19)7-11(17-18-11)12(14,15)16/h8H,3-7H2,1-2H3. The van der Waals surface area contributed by atoms with Crippen molar-refractivity contribution in [2.75, 3.05) is 13.1 Å². The zero-order valence-corrected chi connectivity index (χ0v) is 11.4. The highest BCUT2D eigenvalue weighted by Gasteiger charge is 2.64. The van der Waals surface area contributed by atoms with Crippen molar-refractivity contribution in [1.82, 2.24) is 4.90 Å². The Bertz CT molecular complexity index is 413. The van der Waals surface area contributed by atoms with Crippen LogP contribution in [0.15, 0.2) is 10.2 Å². The van der Waals surface area contributed by atoms with Crippen molar-refractivity contribution in [1.29, 1.82) is 0 Å². The van der Waals surface area contributed by atoms with Crippen LogP contribution in [0, 0.1) is 5.92 Å². The number of carbonyl (C=O) groups is 1. The Labute approximate surface area is 114 Å².